The van der Waals surface area contributed by atoms with Gasteiger partial charge in [-0.3, -0.25) is 5.32 Å². The first-order valence-corrected chi connectivity index (χ1v) is 6.50. The maximum absolute atomic E-state index is 5.90. The van der Waals surface area contributed by atoms with Crippen LogP contribution < -0.4 is 5.32 Å². The molecule has 1 N–H and O–H groups in total. The third kappa shape index (κ3) is 3.06. The van der Waals surface area contributed by atoms with Crippen LogP contribution in [0.3, 0.4) is 0 Å². The summed E-state index contributed by atoms with van der Waals surface area (Å²) in [5, 5.41) is 3.48. The Balaban J connectivity index is 2.03. The summed E-state index contributed by atoms with van der Waals surface area (Å²) in [6.45, 7) is 6.20. The molecule has 3 heteroatoms. The molecule has 1 aromatic rings. The van der Waals surface area contributed by atoms with E-state index in [1.165, 1.54) is 5.56 Å². The van der Waals surface area contributed by atoms with Crippen molar-refractivity contribution in [3.8, 4) is 0 Å². The second kappa shape index (κ2) is 4.86. The SMILES string of the molecule is CC1CNC(C)(Cc2cccc(Br)c2)OC1. The van der Waals surface area contributed by atoms with E-state index in [9.17, 15) is 0 Å². The zero-order valence-corrected chi connectivity index (χ0v) is 11.4. The molecule has 0 aromatic heterocycles. The summed E-state index contributed by atoms with van der Waals surface area (Å²) in [6, 6.07) is 8.39. The van der Waals surface area contributed by atoms with Gasteiger partial charge in [-0.2, -0.15) is 0 Å². The predicted molar refractivity (Wildman–Crippen MR) is 69.4 cm³/mol. The average Bonchev–Trinajstić information content (AvgIpc) is 2.23. The van der Waals surface area contributed by atoms with Crippen LogP contribution in [0, 0.1) is 5.92 Å². The Morgan fingerprint density at radius 3 is 3.00 bits per heavy atom. The predicted octanol–water partition coefficient (Wildman–Crippen LogP) is 2.96. The zero-order valence-electron chi connectivity index (χ0n) is 9.79. The van der Waals surface area contributed by atoms with Crippen molar-refractivity contribution in [1.82, 2.24) is 5.32 Å². The number of ether oxygens (including phenoxy) is 1. The lowest BCUT2D eigenvalue weighted by Gasteiger charge is -2.38. The first kappa shape index (κ1) is 12.1. The van der Waals surface area contributed by atoms with Gasteiger partial charge < -0.3 is 4.74 Å². The van der Waals surface area contributed by atoms with Crippen molar-refractivity contribution in [3.63, 3.8) is 0 Å². The van der Waals surface area contributed by atoms with E-state index in [2.05, 4.69) is 53.3 Å². The van der Waals surface area contributed by atoms with Gasteiger partial charge in [-0.05, 0) is 30.5 Å². The van der Waals surface area contributed by atoms with E-state index in [4.69, 9.17) is 4.74 Å². The minimum Gasteiger partial charge on any atom is -0.360 e. The summed E-state index contributed by atoms with van der Waals surface area (Å²) in [5.74, 6) is 0.607. The molecule has 2 atom stereocenters. The highest BCUT2D eigenvalue weighted by Gasteiger charge is 2.29. The van der Waals surface area contributed by atoms with Gasteiger partial charge in [-0.15, -0.1) is 0 Å². The van der Waals surface area contributed by atoms with E-state index in [1.54, 1.807) is 0 Å². The maximum atomic E-state index is 5.90. The van der Waals surface area contributed by atoms with Gasteiger partial charge in [0.1, 0.15) is 5.72 Å². The minimum absolute atomic E-state index is 0.215. The van der Waals surface area contributed by atoms with Crippen molar-refractivity contribution in [3.05, 3.63) is 34.3 Å². The fourth-order valence-electron chi connectivity index (χ4n) is 1.98. The molecule has 1 aliphatic heterocycles. The monoisotopic (exact) mass is 283 g/mol. The van der Waals surface area contributed by atoms with Gasteiger partial charge in [-0.25, -0.2) is 0 Å². The van der Waals surface area contributed by atoms with Crippen molar-refractivity contribution in [1.29, 1.82) is 0 Å². The summed E-state index contributed by atoms with van der Waals surface area (Å²) in [6.07, 6.45) is 0.902. The Kier molecular flexibility index (Phi) is 3.67. The van der Waals surface area contributed by atoms with Crippen LogP contribution in [0.15, 0.2) is 28.7 Å². The van der Waals surface area contributed by atoms with Crippen molar-refractivity contribution >= 4 is 15.9 Å². The van der Waals surface area contributed by atoms with E-state index in [0.29, 0.717) is 5.92 Å². The van der Waals surface area contributed by atoms with E-state index in [-0.39, 0.29) is 5.72 Å². The first-order valence-electron chi connectivity index (χ1n) is 5.71. The number of rotatable bonds is 2. The summed E-state index contributed by atoms with van der Waals surface area (Å²) >= 11 is 3.49. The van der Waals surface area contributed by atoms with E-state index >= 15 is 0 Å². The molecule has 16 heavy (non-hydrogen) atoms. The van der Waals surface area contributed by atoms with Gasteiger partial charge in [0.05, 0.1) is 6.61 Å². The maximum Gasteiger partial charge on any atom is 0.120 e. The van der Waals surface area contributed by atoms with E-state index < -0.39 is 0 Å². The van der Waals surface area contributed by atoms with Crippen LogP contribution in [0.25, 0.3) is 0 Å². The Morgan fingerprint density at radius 1 is 1.56 bits per heavy atom. The molecule has 1 heterocycles. The van der Waals surface area contributed by atoms with Crippen molar-refractivity contribution in [2.75, 3.05) is 13.2 Å². The van der Waals surface area contributed by atoms with Crippen LogP contribution in [0.1, 0.15) is 19.4 Å². The molecule has 1 aliphatic rings. The fraction of sp³-hybridized carbons (Fsp3) is 0.538. The third-order valence-electron chi connectivity index (χ3n) is 2.94. The molecule has 0 aliphatic carbocycles. The van der Waals surface area contributed by atoms with Crippen LogP contribution >= 0.6 is 15.9 Å². The van der Waals surface area contributed by atoms with Crippen LogP contribution in [0.2, 0.25) is 0 Å². The topological polar surface area (TPSA) is 21.3 Å². The van der Waals surface area contributed by atoms with E-state index in [1.807, 2.05) is 6.07 Å². The lowest BCUT2D eigenvalue weighted by atomic mass is 10.0. The number of halogens is 1. The van der Waals surface area contributed by atoms with Crippen molar-refractivity contribution < 1.29 is 4.74 Å². The molecule has 0 bridgehead atoms. The Hall–Kier alpha value is -0.380. The molecule has 2 unspecified atom stereocenters. The molecule has 0 radical (unpaired) electrons. The highest BCUT2D eigenvalue weighted by Crippen LogP contribution is 2.21. The second-order valence-corrected chi connectivity index (χ2v) is 5.75. The number of hydrogen-bond acceptors (Lipinski definition) is 2. The minimum atomic E-state index is -0.215. The normalized spacial score (nSPS) is 30.3. The number of hydrogen-bond donors (Lipinski definition) is 1. The Bertz CT molecular complexity index is 359. The second-order valence-electron chi connectivity index (χ2n) is 4.83. The quantitative estimate of drug-likeness (QED) is 0.901. The standard InChI is InChI=1S/C13H18BrNO/c1-10-8-15-13(2,16-9-10)7-11-4-3-5-12(14)6-11/h3-6,10,15H,7-9H2,1-2H3. The molecular formula is C13H18BrNO. The first-order chi connectivity index (χ1) is 7.57. The Morgan fingerprint density at radius 2 is 2.38 bits per heavy atom. The van der Waals surface area contributed by atoms with Crippen LogP contribution in [-0.4, -0.2) is 18.9 Å². The molecule has 0 amide bonds. The van der Waals surface area contributed by atoms with Crippen molar-refractivity contribution in [2.24, 2.45) is 5.92 Å². The summed E-state index contributed by atoms with van der Waals surface area (Å²) in [7, 11) is 0. The van der Waals surface area contributed by atoms with Gasteiger partial charge >= 0.3 is 0 Å². The summed E-state index contributed by atoms with van der Waals surface area (Å²) in [4.78, 5) is 0. The fourth-order valence-corrected chi connectivity index (χ4v) is 2.42. The molecule has 1 fully saturated rings. The molecule has 88 valence electrons. The van der Waals surface area contributed by atoms with E-state index in [0.717, 1.165) is 24.0 Å². The van der Waals surface area contributed by atoms with Gasteiger partial charge in [0.2, 0.25) is 0 Å². The summed E-state index contributed by atoms with van der Waals surface area (Å²) in [5.41, 5.74) is 1.08. The highest BCUT2D eigenvalue weighted by molar-refractivity contribution is 9.10. The largest absolute Gasteiger partial charge is 0.360 e. The lowest BCUT2D eigenvalue weighted by molar-refractivity contribution is -0.0997. The van der Waals surface area contributed by atoms with Crippen molar-refractivity contribution in [2.45, 2.75) is 26.0 Å². The number of nitrogens with one attached hydrogen (secondary N) is 1. The zero-order chi connectivity index (χ0) is 11.6. The van der Waals surface area contributed by atoms with Crippen LogP contribution in [0.4, 0.5) is 0 Å². The van der Waals surface area contributed by atoms with Gasteiger partial charge in [0.15, 0.2) is 0 Å². The molecular weight excluding hydrogens is 266 g/mol. The molecule has 2 rings (SSSR count). The molecule has 0 spiro atoms. The third-order valence-corrected chi connectivity index (χ3v) is 3.43. The highest BCUT2D eigenvalue weighted by atomic mass is 79.9. The van der Waals surface area contributed by atoms with Gasteiger partial charge in [-0.1, -0.05) is 35.0 Å². The average molecular weight is 284 g/mol. The Labute approximate surface area is 106 Å². The van der Waals surface area contributed by atoms with Crippen LogP contribution in [0.5, 0.6) is 0 Å². The molecule has 1 saturated heterocycles. The van der Waals surface area contributed by atoms with Gasteiger partial charge in [0.25, 0.3) is 0 Å². The molecule has 0 saturated carbocycles. The van der Waals surface area contributed by atoms with Crippen LogP contribution in [-0.2, 0) is 11.2 Å². The number of benzene rings is 1. The lowest BCUT2D eigenvalue weighted by Crippen LogP contribution is -2.53. The molecule has 1 aromatic carbocycles. The smallest absolute Gasteiger partial charge is 0.120 e. The van der Waals surface area contributed by atoms with Gasteiger partial charge in [0, 0.05) is 17.4 Å². The molecule has 2 nitrogen and oxygen atoms in total. The summed E-state index contributed by atoms with van der Waals surface area (Å²) < 4.78 is 7.02.